The van der Waals surface area contributed by atoms with Crippen LogP contribution in [0.15, 0.2) is 18.2 Å². The van der Waals surface area contributed by atoms with Crippen LogP contribution in [-0.4, -0.2) is 42.1 Å². The van der Waals surface area contributed by atoms with E-state index in [2.05, 4.69) is 0 Å². The van der Waals surface area contributed by atoms with Crippen molar-refractivity contribution in [3.63, 3.8) is 0 Å². The molecule has 0 aliphatic heterocycles. The molecule has 1 rings (SSSR count). The normalized spacial score (nSPS) is 9.89. The molecule has 0 saturated heterocycles. The third-order valence-corrected chi connectivity index (χ3v) is 2.52. The number of nitrogen functional groups attached to an aromatic ring is 1. The average Bonchev–Trinajstić information content (AvgIpc) is 2.34. The number of nitrogens with zero attached hydrogens (tertiary/aromatic N) is 1. The highest BCUT2D eigenvalue weighted by Crippen LogP contribution is 2.19. The second-order valence-corrected chi connectivity index (χ2v) is 3.75. The van der Waals surface area contributed by atoms with Gasteiger partial charge < -0.3 is 20.5 Å². The Morgan fingerprint density at radius 1 is 1.44 bits per heavy atom. The first kappa shape index (κ1) is 13.8. The lowest BCUT2D eigenvalue weighted by Gasteiger charge is -2.15. The van der Waals surface area contributed by atoms with Crippen LogP contribution >= 0.6 is 0 Å². The molecule has 6 heteroatoms. The Balaban J connectivity index is 2.67. The van der Waals surface area contributed by atoms with Crippen LogP contribution in [0.1, 0.15) is 17.3 Å². The van der Waals surface area contributed by atoms with Crippen LogP contribution in [0.4, 0.5) is 5.69 Å². The molecule has 18 heavy (non-hydrogen) atoms. The van der Waals surface area contributed by atoms with Gasteiger partial charge in [0, 0.05) is 25.3 Å². The minimum Gasteiger partial charge on any atom is -0.484 e. The van der Waals surface area contributed by atoms with E-state index < -0.39 is 5.97 Å². The minimum atomic E-state index is -1.10. The zero-order valence-electron chi connectivity index (χ0n) is 10.3. The number of aromatic carboxylic acids is 1. The molecule has 1 aromatic carbocycles. The van der Waals surface area contributed by atoms with Gasteiger partial charge in [0.1, 0.15) is 5.75 Å². The summed E-state index contributed by atoms with van der Waals surface area (Å²) >= 11 is 0. The number of nitrogens with two attached hydrogens (primary N) is 1. The zero-order chi connectivity index (χ0) is 13.7. The van der Waals surface area contributed by atoms with Crippen molar-refractivity contribution in [2.75, 3.05) is 25.9 Å². The van der Waals surface area contributed by atoms with Crippen molar-refractivity contribution in [2.45, 2.75) is 6.92 Å². The maximum atomic E-state index is 11.5. The second-order valence-electron chi connectivity index (χ2n) is 3.75. The van der Waals surface area contributed by atoms with Gasteiger partial charge in [-0.25, -0.2) is 4.79 Å². The van der Waals surface area contributed by atoms with Crippen molar-refractivity contribution in [2.24, 2.45) is 0 Å². The Hall–Kier alpha value is -2.24. The van der Waals surface area contributed by atoms with E-state index in [1.165, 1.54) is 23.1 Å². The molecule has 3 N–H and O–H groups in total. The smallest absolute Gasteiger partial charge is 0.337 e. The van der Waals surface area contributed by atoms with Gasteiger partial charge in [0.05, 0.1) is 5.56 Å². The van der Waals surface area contributed by atoms with Gasteiger partial charge in [0.15, 0.2) is 6.61 Å². The third-order valence-electron chi connectivity index (χ3n) is 2.52. The van der Waals surface area contributed by atoms with Gasteiger partial charge in [-0.3, -0.25) is 4.79 Å². The van der Waals surface area contributed by atoms with E-state index in [4.69, 9.17) is 15.6 Å². The Labute approximate surface area is 105 Å². The van der Waals surface area contributed by atoms with E-state index in [1.54, 1.807) is 7.05 Å². The maximum Gasteiger partial charge on any atom is 0.337 e. The van der Waals surface area contributed by atoms with Gasteiger partial charge in [0.25, 0.3) is 5.91 Å². The lowest BCUT2D eigenvalue weighted by molar-refractivity contribution is -0.131. The number of carboxylic acids is 1. The quantitative estimate of drug-likeness (QED) is 0.757. The summed E-state index contributed by atoms with van der Waals surface area (Å²) in [5.41, 5.74) is 5.68. The summed E-state index contributed by atoms with van der Waals surface area (Å²) in [6, 6.07) is 4.21. The summed E-state index contributed by atoms with van der Waals surface area (Å²) in [5, 5.41) is 8.80. The molecular weight excluding hydrogens is 236 g/mol. The molecule has 1 aromatic rings. The van der Waals surface area contributed by atoms with E-state index >= 15 is 0 Å². The van der Waals surface area contributed by atoms with E-state index in [1.807, 2.05) is 6.92 Å². The summed E-state index contributed by atoms with van der Waals surface area (Å²) in [4.78, 5) is 23.8. The molecule has 1 amide bonds. The number of rotatable bonds is 5. The molecule has 0 atom stereocenters. The molecule has 0 heterocycles. The first-order valence-electron chi connectivity index (χ1n) is 5.45. The lowest BCUT2D eigenvalue weighted by atomic mass is 10.2. The van der Waals surface area contributed by atoms with Gasteiger partial charge in [-0.2, -0.15) is 0 Å². The largest absolute Gasteiger partial charge is 0.484 e. The van der Waals surface area contributed by atoms with Crippen molar-refractivity contribution in [3.8, 4) is 5.75 Å². The number of likely N-dealkylation sites (N-methyl/N-ethyl adjacent to an activating group) is 1. The van der Waals surface area contributed by atoms with Gasteiger partial charge in [-0.1, -0.05) is 0 Å². The monoisotopic (exact) mass is 252 g/mol. The van der Waals surface area contributed by atoms with Crippen LogP contribution in [-0.2, 0) is 4.79 Å². The first-order valence-corrected chi connectivity index (χ1v) is 5.45. The van der Waals surface area contributed by atoms with E-state index in [9.17, 15) is 9.59 Å². The fourth-order valence-corrected chi connectivity index (χ4v) is 1.26. The van der Waals surface area contributed by atoms with Crippen LogP contribution in [0, 0.1) is 0 Å². The molecule has 0 fully saturated rings. The fraction of sp³-hybridized carbons (Fsp3) is 0.333. The molecule has 0 saturated carbocycles. The van der Waals surface area contributed by atoms with Crippen molar-refractivity contribution >= 4 is 17.6 Å². The Kier molecular flexibility index (Phi) is 4.53. The van der Waals surface area contributed by atoms with Gasteiger partial charge in [-0.05, 0) is 19.1 Å². The Morgan fingerprint density at radius 2 is 2.11 bits per heavy atom. The molecule has 6 nitrogen and oxygen atoms in total. The van der Waals surface area contributed by atoms with E-state index in [0.717, 1.165) is 0 Å². The van der Waals surface area contributed by atoms with Crippen LogP contribution in [0.2, 0.25) is 0 Å². The highest BCUT2D eigenvalue weighted by atomic mass is 16.5. The van der Waals surface area contributed by atoms with Crippen molar-refractivity contribution in [1.82, 2.24) is 4.90 Å². The number of carbonyl (C=O) groups is 2. The molecule has 0 aliphatic rings. The topological polar surface area (TPSA) is 92.9 Å². The zero-order valence-corrected chi connectivity index (χ0v) is 10.3. The molecule has 0 spiro atoms. The van der Waals surface area contributed by atoms with Crippen molar-refractivity contribution in [1.29, 1.82) is 0 Å². The van der Waals surface area contributed by atoms with Crippen LogP contribution in [0.25, 0.3) is 0 Å². The predicted octanol–water partition coefficient (Wildman–Crippen LogP) is 0.824. The molecular formula is C12H16N2O4. The fourth-order valence-electron chi connectivity index (χ4n) is 1.26. The SMILES string of the molecule is CCN(C)C(=O)COc1ccc(C(=O)O)c(N)c1. The summed E-state index contributed by atoms with van der Waals surface area (Å²) in [7, 11) is 1.67. The highest BCUT2D eigenvalue weighted by molar-refractivity contribution is 5.93. The number of hydrogen-bond donors (Lipinski definition) is 2. The molecule has 0 unspecified atom stereocenters. The number of hydrogen-bond acceptors (Lipinski definition) is 4. The van der Waals surface area contributed by atoms with Crippen LogP contribution < -0.4 is 10.5 Å². The number of benzene rings is 1. The van der Waals surface area contributed by atoms with Crippen molar-refractivity contribution in [3.05, 3.63) is 23.8 Å². The standard InChI is InChI=1S/C12H16N2O4/c1-3-14(2)11(15)7-18-8-4-5-9(12(16)17)10(13)6-8/h4-6H,3,7,13H2,1-2H3,(H,16,17). The number of carbonyl (C=O) groups excluding carboxylic acids is 1. The third kappa shape index (κ3) is 3.38. The van der Waals surface area contributed by atoms with Crippen LogP contribution in [0.3, 0.4) is 0 Å². The maximum absolute atomic E-state index is 11.5. The van der Waals surface area contributed by atoms with Crippen LogP contribution in [0.5, 0.6) is 5.75 Å². The van der Waals surface area contributed by atoms with Gasteiger partial charge >= 0.3 is 5.97 Å². The number of carboxylic acid groups (broad SMARTS) is 1. The molecule has 0 aromatic heterocycles. The minimum absolute atomic E-state index is 0.0133. The molecule has 0 bridgehead atoms. The van der Waals surface area contributed by atoms with E-state index in [-0.39, 0.29) is 23.8 Å². The molecule has 98 valence electrons. The predicted molar refractivity (Wildman–Crippen MR) is 66.6 cm³/mol. The number of anilines is 1. The van der Waals surface area contributed by atoms with Crippen molar-refractivity contribution < 1.29 is 19.4 Å². The molecule has 0 aliphatic carbocycles. The van der Waals surface area contributed by atoms with E-state index in [0.29, 0.717) is 12.3 Å². The highest BCUT2D eigenvalue weighted by Gasteiger charge is 2.10. The second kappa shape index (κ2) is 5.90. The summed E-state index contributed by atoms with van der Waals surface area (Å²) in [6.45, 7) is 2.36. The summed E-state index contributed by atoms with van der Waals surface area (Å²) < 4.78 is 5.24. The first-order chi connectivity index (χ1) is 8.45. The number of ether oxygens (including phenoxy) is 1. The Bertz CT molecular complexity index is 459. The summed E-state index contributed by atoms with van der Waals surface area (Å²) in [6.07, 6.45) is 0. The Morgan fingerprint density at radius 3 is 2.61 bits per heavy atom. The van der Waals surface area contributed by atoms with Gasteiger partial charge in [0.2, 0.25) is 0 Å². The number of amides is 1. The lowest BCUT2D eigenvalue weighted by Crippen LogP contribution is -2.31. The average molecular weight is 252 g/mol. The molecule has 0 radical (unpaired) electrons. The summed E-state index contributed by atoms with van der Waals surface area (Å²) in [5.74, 6) is -0.880. The van der Waals surface area contributed by atoms with Gasteiger partial charge in [-0.15, -0.1) is 0 Å².